The number of carbonyl (C=O) groups excluding carboxylic acids is 4. The number of ketones is 1. The lowest BCUT2D eigenvalue weighted by atomic mass is 9.81. The van der Waals surface area contributed by atoms with E-state index in [9.17, 15) is 33.6 Å². The second kappa shape index (κ2) is 13.4. The van der Waals surface area contributed by atoms with Crippen LogP contribution in [0.4, 0.5) is 0 Å². The second-order valence-electron chi connectivity index (χ2n) is 10.7. The molecule has 2 aliphatic rings. The molecule has 0 radical (unpaired) electrons. The van der Waals surface area contributed by atoms with Gasteiger partial charge in [-0.1, -0.05) is 29.5 Å². The molecule has 1 unspecified atom stereocenters. The fourth-order valence-corrected chi connectivity index (χ4v) is 8.85. The van der Waals surface area contributed by atoms with Crippen LogP contribution in [0.2, 0.25) is 0 Å². The number of hydrogen-bond donors (Lipinski definition) is 1. The number of nitrogens with zero attached hydrogens (tertiary/aromatic N) is 2. The first kappa shape index (κ1) is 33.6. The summed E-state index contributed by atoms with van der Waals surface area (Å²) in [5, 5.41) is 13.3. The number of hydrogen-bond acceptors (Lipinski definition) is 13. The Hall–Kier alpha value is -3.24. The first-order valence-corrected chi connectivity index (χ1v) is 16.5. The summed E-state index contributed by atoms with van der Waals surface area (Å²) in [6.07, 6.45) is 5.81. The number of thiazole rings is 1. The van der Waals surface area contributed by atoms with Crippen LogP contribution < -0.4 is 5.82 Å². The van der Waals surface area contributed by atoms with Gasteiger partial charge in [-0.05, 0) is 52.3 Å². The molecule has 5 atom stereocenters. The molecule has 44 heavy (non-hydrogen) atoms. The number of ether oxygens (including phenoxy) is 1. The van der Waals surface area contributed by atoms with E-state index in [-0.39, 0.29) is 30.1 Å². The van der Waals surface area contributed by atoms with E-state index in [4.69, 9.17) is 13.6 Å². The highest BCUT2D eigenvalue weighted by atomic mass is 32.2. The molecule has 0 spiro atoms. The van der Waals surface area contributed by atoms with E-state index >= 15 is 0 Å². The molecule has 1 fully saturated rings. The summed E-state index contributed by atoms with van der Waals surface area (Å²) in [4.78, 5) is 67.8. The Bertz CT molecular complexity index is 1600. The van der Waals surface area contributed by atoms with E-state index in [0.717, 1.165) is 4.31 Å². The van der Waals surface area contributed by atoms with E-state index in [0.29, 0.717) is 28.0 Å². The van der Waals surface area contributed by atoms with Crippen LogP contribution in [-0.4, -0.2) is 58.2 Å². The summed E-state index contributed by atoms with van der Waals surface area (Å²) < 4.78 is 28.8. The summed E-state index contributed by atoms with van der Waals surface area (Å²) in [5.74, 6) is -2.49. The molecule has 0 saturated carbocycles. The molecule has 2 aliphatic heterocycles. The molecular weight excluding hydrogens is 633 g/mol. The Morgan fingerprint density at radius 2 is 1.98 bits per heavy atom. The standard InChI is InChI=1S/C29H32N2O10S3/c1-16-10-11-29(28(5,37)26(35)43-15-23-18(3)39-27(36)41-23)13-24(34)31(44(29)38)17(2)25-30-20(14-42-25)8-6-7-9-21(33)22(12-16)40-19(4)32/h6-9,12,14,17,22,37H,10-11,13,15H2,1-5H3/b8-6+,9-7+,16-12+/t17-,22-,28+,29-,44?/m1/s1. The molecule has 0 aliphatic carbocycles. The Labute approximate surface area is 264 Å². The zero-order valence-corrected chi connectivity index (χ0v) is 27.1. The Kier molecular flexibility index (Phi) is 10.2. The van der Waals surface area contributed by atoms with Gasteiger partial charge in [0.1, 0.15) is 16.8 Å². The minimum atomic E-state index is -2.31. The van der Waals surface area contributed by atoms with Gasteiger partial charge in [-0.3, -0.25) is 19.2 Å². The lowest BCUT2D eigenvalue weighted by Gasteiger charge is -2.40. The predicted molar refractivity (Wildman–Crippen MR) is 163 cm³/mol. The molecule has 1 amide bonds. The van der Waals surface area contributed by atoms with Gasteiger partial charge in [0, 0.05) is 18.7 Å². The summed E-state index contributed by atoms with van der Waals surface area (Å²) in [5.41, 5.74) is -1.23. The molecular formula is C29H32N2O10S3. The fraction of sp³-hybridized carbons (Fsp3) is 0.448. The zero-order valence-electron chi connectivity index (χ0n) is 24.7. The maximum absolute atomic E-state index is 14.4. The van der Waals surface area contributed by atoms with Crippen molar-refractivity contribution in [3.8, 4) is 0 Å². The van der Waals surface area contributed by atoms with Crippen LogP contribution in [0.25, 0.3) is 6.08 Å². The van der Waals surface area contributed by atoms with Gasteiger partial charge >= 0.3 is 11.8 Å². The number of carbonyl (C=O) groups is 4. The quantitative estimate of drug-likeness (QED) is 0.279. The van der Waals surface area contributed by atoms with Crippen LogP contribution in [0.3, 0.4) is 0 Å². The van der Waals surface area contributed by atoms with E-state index < -0.39 is 68.9 Å². The molecule has 2 aromatic rings. The minimum absolute atomic E-state index is 0.0983. The number of aliphatic hydroxyl groups is 1. The lowest BCUT2D eigenvalue weighted by molar-refractivity contribution is -0.148. The molecule has 2 aromatic heterocycles. The molecule has 4 rings (SSSR count). The van der Waals surface area contributed by atoms with E-state index in [1.54, 1.807) is 31.4 Å². The van der Waals surface area contributed by atoms with Crippen molar-refractivity contribution in [3.05, 3.63) is 68.1 Å². The van der Waals surface area contributed by atoms with Crippen molar-refractivity contribution >= 4 is 63.3 Å². The minimum Gasteiger partial charge on any atom is -0.592 e. The van der Waals surface area contributed by atoms with Crippen molar-refractivity contribution in [2.75, 3.05) is 0 Å². The monoisotopic (exact) mass is 664 g/mol. The van der Waals surface area contributed by atoms with Crippen molar-refractivity contribution in [3.63, 3.8) is 0 Å². The van der Waals surface area contributed by atoms with Crippen LogP contribution >= 0.6 is 23.1 Å². The van der Waals surface area contributed by atoms with Crippen LogP contribution in [0, 0.1) is 6.92 Å². The third-order valence-corrected chi connectivity index (χ3v) is 11.9. The molecule has 1 N–H and O–H groups in total. The van der Waals surface area contributed by atoms with Crippen molar-refractivity contribution in [1.29, 1.82) is 0 Å². The highest BCUT2D eigenvalue weighted by Crippen LogP contribution is 2.50. The first-order chi connectivity index (χ1) is 20.7. The van der Waals surface area contributed by atoms with Crippen LogP contribution in [0.5, 0.6) is 0 Å². The number of aromatic nitrogens is 1. The molecule has 1 saturated heterocycles. The predicted octanol–water partition coefficient (Wildman–Crippen LogP) is 3.71. The van der Waals surface area contributed by atoms with Gasteiger partial charge in [-0.2, -0.15) is 4.31 Å². The number of allylic oxidation sites excluding steroid dienone is 3. The van der Waals surface area contributed by atoms with Crippen molar-refractivity contribution in [2.45, 2.75) is 82.1 Å². The number of amides is 1. The second-order valence-corrected chi connectivity index (χ2v) is 14.2. The largest absolute Gasteiger partial charge is 0.592 e. The van der Waals surface area contributed by atoms with Gasteiger partial charge in [0.25, 0.3) is 5.91 Å². The van der Waals surface area contributed by atoms with Crippen LogP contribution in [-0.2, 0) is 41.0 Å². The summed E-state index contributed by atoms with van der Waals surface area (Å²) in [6.45, 7) is 7.24. The van der Waals surface area contributed by atoms with Gasteiger partial charge in [0.2, 0.25) is 5.12 Å². The zero-order chi connectivity index (χ0) is 32.4. The molecule has 15 heteroatoms. The normalized spacial score (nSPS) is 28.5. The van der Waals surface area contributed by atoms with Gasteiger partial charge < -0.3 is 23.2 Å². The lowest BCUT2D eigenvalue weighted by Crippen LogP contribution is -2.60. The van der Waals surface area contributed by atoms with Gasteiger partial charge in [0.05, 0.1) is 29.2 Å². The van der Waals surface area contributed by atoms with Crippen LogP contribution in [0.1, 0.15) is 75.2 Å². The Morgan fingerprint density at radius 3 is 2.64 bits per heavy atom. The molecule has 236 valence electrons. The van der Waals surface area contributed by atoms with E-state index in [2.05, 4.69) is 4.98 Å². The molecule has 4 heterocycles. The number of fused-ring (bicyclic) bond motifs is 4. The molecule has 4 bridgehead atoms. The fourth-order valence-electron chi connectivity index (χ4n) is 4.91. The molecule has 12 nitrogen and oxygen atoms in total. The highest BCUT2D eigenvalue weighted by molar-refractivity contribution is 8.13. The number of rotatable bonds is 5. The SMILES string of the molecule is CC(=O)O[C@@H]1/C=C(\C)CC[C@]2([C@@](C)(O)C(=O)SCc3oc(=O)oc3C)CC(=O)N([C@H](C)c3nc(cs3)/C=C/C=C/C1=O)[S+]2[O-]. The third kappa shape index (κ3) is 6.86. The average molecular weight is 665 g/mol. The maximum Gasteiger partial charge on any atom is 0.519 e. The number of thioether (sulfide) groups is 1. The Balaban J connectivity index is 1.76. The van der Waals surface area contributed by atoms with Crippen molar-refractivity contribution < 1.29 is 42.4 Å². The van der Waals surface area contributed by atoms with Crippen molar-refractivity contribution in [2.24, 2.45) is 0 Å². The van der Waals surface area contributed by atoms with E-state index in [1.807, 2.05) is 0 Å². The van der Waals surface area contributed by atoms with Crippen molar-refractivity contribution in [1.82, 2.24) is 9.29 Å². The third-order valence-electron chi connectivity index (χ3n) is 7.47. The average Bonchev–Trinajstić information content (AvgIpc) is 3.62. The van der Waals surface area contributed by atoms with Crippen LogP contribution in [0.15, 0.2) is 48.9 Å². The highest BCUT2D eigenvalue weighted by Gasteiger charge is 2.69. The smallest absolute Gasteiger partial charge is 0.519 e. The topological polar surface area (TPSA) is 180 Å². The number of aryl methyl sites for hydroxylation is 1. The van der Waals surface area contributed by atoms with Gasteiger partial charge in [-0.15, -0.1) is 11.3 Å². The molecule has 0 aromatic carbocycles. The number of esters is 1. The summed E-state index contributed by atoms with van der Waals surface area (Å²) in [7, 11) is 0. The van der Waals surface area contributed by atoms with Gasteiger partial charge in [-0.25, -0.2) is 9.78 Å². The summed E-state index contributed by atoms with van der Waals surface area (Å²) >= 11 is -0.332. The summed E-state index contributed by atoms with van der Waals surface area (Å²) in [6, 6.07) is -0.739. The first-order valence-electron chi connectivity index (χ1n) is 13.6. The van der Waals surface area contributed by atoms with Gasteiger partial charge in [0.15, 0.2) is 28.0 Å². The Morgan fingerprint density at radius 1 is 1.27 bits per heavy atom. The maximum atomic E-state index is 14.4. The van der Waals surface area contributed by atoms with E-state index in [1.165, 1.54) is 50.3 Å².